The molecular formula is C13H11BO3S. The van der Waals surface area contributed by atoms with Gasteiger partial charge in [-0.15, -0.1) is 0 Å². The van der Waals surface area contributed by atoms with Gasteiger partial charge in [0.2, 0.25) is 5.12 Å². The largest absolute Gasteiger partial charge is 0.488 e. The maximum absolute atomic E-state index is 11.9. The zero-order valence-electron chi connectivity index (χ0n) is 9.48. The lowest BCUT2D eigenvalue weighted by atomic mass is 9.81. The summed E-state index contributed by atoms with van der Waals surface area (Å²) in [5.74, 6) is 0. The van der Waals surface area contributed by atoms with E-state index < -0.39 is 7.12 Å². The van der Waals surface area contributed by atoms with Crippen molar-refractivity contribution in [2.45, 2.75) is 4.90 Å². The Morgan fingerprint density at radius 1 is 0.944 bits per heavy atom. The second-order valence-electron chi connectivity index (χ2n) is 3.70. The van der Waals surface area contributed by atoms with Crippen molar-refractivity contribution in [3.63, 3.8) is 0 Å². The average molecular weight is 258 g/mol. The third kappa shape index (κ3) is 3.23. The van der Waals surface area contributed by atoms with Gasteiger partial charge in [0.05, 0.1) is 0 Å². The molecule has 90 valence electrons. The van der Waals surface area contributed by atoms with Gasteiger partial charge in [0.15, 0.2) is 0 Å². The van der Waals surface area contributed by atoms with E-state index in [9.17, 15) is 4.79 Å². The Labute approximate surface area is 110 Å². The molecule has 0 amide bonds. The number of benzene rings is 2. The van der Waals surface area contributed by atoms with E-state index in [1.54, 1.807) is 36.4 Å². The Hall–Kier alpha value is -1.56. The second kappa shape index (κ2) is 5.86. The van der Waals surface area contributed by atoms with Gasteiger partial charge in [-0.1, -0.05) is 42.5 Å². The van der Waals surface area contributed by atoms with Crippen LogP contribution in [0.3, 0.4) is 0 Å². The normalized spacial score (nSPS) is 10.1. The fourth-order valence-corrected chi connectivity index (χ4v) is 2.19. The van der Waals surface area contributed by atoms with Gasteiger partial charge in [0.25, 0.3) is 0 Å². The molecule has 0 fully saturated rings. The van der Waals surface area contributed by atoms with Gasteiger partial charge in [0.1, 0.15) is 0 Å². The highest BCUT2D eigenvalue weighted by Crippen LogP contribution is 2.21. The van der Waals surface area contributed by atoms with Crippen LogP contribution in [0.2, 0.25) is 0 Å². The molecule has 0 aliphatic heterocycles. The fourth-order valence-electron chi connectivity index (χ4n) is 1.45. The number of carbonyl (C=O) groups excluding carboxylic acids is 1. The number of carbonyl (C=O) groups is 1. The highest BCUT2D eigenvalue weighted by Gasteiger charge is 2.11. The Balaban J connectivity index is 2.08. The van der Waals surface area contributed by atoms with Gasteiger partial charge in [0, 0.05) is 10.5 Å². The molecule has 5 heteroatoms. The maximum Gasteiger partial charge on any atom is 0.488 e. The van der Waals surface area contributed by atoms with Crippen LogP contribution in [0, 0.1) is 0 Å². The molecule has 0 atom stereocenters. The summed E-state index contributed by atoms with van der Waals surface area (Å²) in [6, 6.07) is 15.6. The standard InChI is InChI=1S/C13H11BO3S/c15-13(10-4-2-1-3-5-10)18-12-8-6-11(7-9-12)14(16)17/h1-9,16-17H. The first kappa shape index (κ1) is 12.9. The summed E-state index contributed by atoms with van der Waals surface area (Å²) in [5, 5.41) is 17.9. The molecule has 0 saturated heterocycles. The maximum atomic E-state index is 11.9. The molecule has 2 rings (SSSR count). The van der Waals surface area contributed by atoms with E-state index in [0.717, 1.165) is 16.7 Å². The molecule has 2 N–H and O–H groups in total. The van der Waals surface area contributed by atoms with Gasteiger partial charge >= 0.3 is 7.12 Å². The van der Waals surface area contributed by atoms with Crippen molar-refractivity contribution in [3.05, 3.63) is 60.2 Å². The fraction of sp³-hybridized carbons (Fsp3) is 0. The highest BCUT2D eigenvalue weighted by atomic mass is 32.2. The molecule has 0 heterocycles. The smallest absolute Gasteiger partial charge is 0.423 e. The van der Waals surface area contributed by atoms with Crippen molar-refractivity contribution >= 4 is 29.5 Å². The van der Waals surface area contributed by atoms with E-state index in [0.29, 0.717) is 11.0 Å². The Bertz CT molecular complexity index is 526. The van der Waals surface area contributed by atoms with Crippen molar-refractivity contribution in [2.75, 3.05) is 0 Å². The molecule has 0 aliphatic carbocycles. The van der Waals surface area contributed by atoms with Crippen molar-refractivity contribution in [1.82, 2.24) is 0 Å². The van der Waals surface area contributed by atoms with Crippen molar-refractivity contribution in [1.29, 1.82) is 0 Å². The minimum atomic E-state index is -1.48. The van der Waals surface area contributed by atoms with Crippen LogP contribution < -0.4 is 5.46 Å². The molecule has 2 aromatic rings. The third-order valence-electron chi connectivity index (χ3n) is 2.40. The summed E-state index contributed by atoms with van der Waals surface area (Å²) in [6.45, 7) is 0. The van der Waals surface area contributed by atoms with Gasteiger partial charge in [-0.05, 0) is 29.4 Å². The zero-order chi connectivity index (χ0) is 13.0. The van der Waals surface area contributed by atoms with Crippen molar-refractivity contribution in [2.24, 2.45) is 0 Å². The molecule has 0 aromatic heterocycles. The molecular weight excluding hydrogens is 247 g/mol. The van der Waals surface area contributed by atoms with Crippen LogP contribution in [0.15, 0.2) is 59.5 Å². The summed E-state index contributed by atoms with van der Waals surface area (Å²) in [5.41, 5.74) is 1.06. The topological polar surface area (TPSA) is 57.5 Å². The van der Waals surface area contributed by atoms with Gasteiger partial charge < -0.3 is 10.0 Å². The van der Waals surface area contributed by atoms with Crippen LogP contribution in [-0.2, 0) is 0 Å². The van der Waals surface area contributed by atoms with Gasteiger partial charge in [-0.25, -0.2) is 0 Å². The molecule has 18 heavy (non-hydrogen) atoms. The number of hydrogen-bond donors (Lipinski definition) is 2. The molecule has 0 aliphatic rings. The molecule has 0 spiro atoms. The van der Waals surface area contributed by atoms with Crippen LogP contribution in [0.4, 0.5) is 0 Å². The lowest BCUT2D eigenvalue weighted by molar-refractivity contribution is 0.108. The molecule has 0 radical (unpaired) electrons. The van der Waals surface area contributed by atoms with E-state index in [-0.39, 0.29) is 5.12 Å². The lowest BCUT2D eigenvalue weighted by Gasteiger charge is -2.03. The van der Waals surface area contributed by atoms with Crippen LogP contribution in [0.25, 0.3) is 0 Å². The van der Waals surface area contributed by atoms with E-state index in [2.05, 4.69) is 0 Å². The zero-order valence-corrected chi connectivity index (χ0v) is 10.3. The molecule has 2 aromatic carbocycles. The van der Waals surface area contributed by atoms with Crippen molar-refractivity contribution in [3.8, 4) is 0 Å². The van der Waals surface area contributed by atoms with E-state index in [1.165, 1.54) is 0 Å². The predicted octanol–water partition coefficient (Wildman–Crippen LogP) is 1.30. The summed E-state index contributed by atoms with van der Waals surface area (Å²) in [7, 11) is -1.48. The van der Waals surface area contributed by atoms with Crippen LogP contribution in [-0.4, -0.2) is 22.3 Å². The number of hydrogen-bond acceptors (Lipinski definition) is 4. The summed E-state index contributed by atoms with van der Waals surface area (Å²) in [6.07, 6.45) is 0. The van der Waals surface area contributed by atoms with E-state index in [1.807, 2.05) is 18.2 Å². The monoisotopic (exact) mass is 258 g/mol. The summed E-state index contributed by atoms with van der Waals surface area (Å²) >= 11 is 1.11. The first-order chi connectivity index (χ1) is 8.66. The highest BCUT2D eigenvalue weighted by molar-refractivity contribution is 8.14. The number of thioether (sulfide) groups is 1. The third-order valence-corrected chi connectivity index (χ3v) is 3.33. The SMILES string of the molecule is O=C(Sc1ccc(B(O)O)cc1)c1ccccc1. The van der Waals surface area contributed by atoms with Crippen LogP contribution in [0.5, 0.6) is 0 Å². The van der Waals surface area contributed by atoms with Crippen LogP contribution >= 0.6 is 11.8 Å². The first-order valence-corrected chi connectivity index (χ1v) is 6.22. The number of rotatable bonds is 3. The quantitative estimate of drug-likeness (QED) is 0.643. The van der Waals surface area contributed by atoms with E-state index in [4.69, 9.17) is 10.0 Å². The minimum absolute atomic E-state index is 0.0344. The Morgan fingerprint density at radius 2 is 1.56 bits per heavy atom. The average Bonchev–Trinajstić information content (AvgIpc) is 2.40. The molecule has 0 unspecified atom stereocenters. The van der Waals surface area contributed by atoms with Crippen LogP contribution in [0.1, 0.15) is 10.4 Å². The second-order valence-corrected chi connectivity index (χ2v) is 4.74. The Morgan fingerprint density at radius 3 is 2.11 bits per heavy atom. The Kier molecular flexibility index (Phi) is 4.20. The molecule has 3 nitrogen and oxygen atoms in total. The van der Waals surface area contributed by atoms with Gasteiger partial charge in [-0.2, -0.15) is 0 Å². The molecule has 0 bridgehead atoms. The predicted molar refractivity (Wildman–Crippen MR) is 72.9 cm³/mol. The lowest BCUT2D eigenvalue weighted by Crippen LogP contribution is -2.29. The summed E-state index contributed by atoms with van der Waals surface area (Å²) < 4.78 is 0. The van der Waals surface area contributed by atoms with E-state index >= 15 is 0 Å². The molecule has 0 saturated carbocycles. The summed E-state index contributed by atoms with van der Waals surface area (Å²) in [4.78, 5) is 12.7. The minimum Gasteiger partial charge on any atom is -0.423 e. The first-order valence-electron chi connectivity index (χ1n) is 5.40. The van der Waals surface area contributed by atoms with Crippen molar-refractivity contribution < 1.29 is 14.8 Å². The van der Waals surface area contributed by atoms with Gasteiger partial charge in [-0.3, -0.25) is 4.79 Å².